The van der Waals surface area contributed by atoms with Crippen molar-refractivity contribution in [2.45, 2.75) is 26.7 Å². The van der Waals surface area contributed by atoms with Crippen molar-refractivity contribution in [3.8, 4) is 0 Å². The zero-order valence-electron chi connectivity index (χ0n) is 15.7. The van der Waals surface area contributed by atoms with Gasteiger partial charge in [-0.15, -0.1) is 0 Å². The zero-order valence-corrected chi connectivity index (χ0v) is 17.3. The Morgan fingerprint density at radius 1 is 1.26 bits per heavy atom. The smallest absolute Gasteiger partial charge is 0.266 e. The van der Waals surface area contributed by atoms with E-state index in [-0.39, 0.29) is 18.4 Å². The molecule has 1 aromatic rings. The van der Waals surface area contributed by atoms with Crippen LogP contribution in [0.1, 0.15) is 32.3 Å². The normalized spacial score (nSPS) is 20.7. The molecule has 0 unspecified atom stereocenters. The Balaban J connectivity index is 1.66. The third-order valence-corrected chi connectivity index (χ3v) is 6.23. The molecule has 1 aromatic carbocycles. The van der Waals surface area contributed by atoms with Crippen LogP contribution in [0.4, 0.5) is 0 Å². The van der Waals surface area contributed by atoms with Gasteiger partial charge in [-0.05, 0) is 42.9 Å². The van der Waals surface area contributed by atoms with Crippen LogP contribution in [0.15, 0.2) is 46.9 Å². The summed E-state index contributed by atoms with van der Waals surface area (Å²) in [7, 11) is 0. The summed E-state index contributed by atoms with van der Waals surface area (Å²) in [5.74, 6) is 0.466. The minimum absolute atomic E-state index is 0.0176. The molecule has 2 aliphatic rings. The van der Waals surface area contributed by atoms with Crippen molar-refractivity contribution in [1.29, 1.82) is 0 Å². The van der Waals surface area contributed by atoms with E-state index < -0.39 is 0 Å². The van der Waals surface area contributed by atoms with Gasteiger partial charge < -0.3 is 4.90 Å². The van der Waals surface area contributed by atoms with Gasteiger partial charge >= 0.3 is 0 Å². The van der Waals surface area contributed by atoms with Gasteiger partial charge in [0.2, 0.25) is 5.91 Å². The summed E-state index contributed by atoms with van der Waals surface area (Å²) in [6, 6.07) is 9.95. The molecule has 4 nitrogen and oxygen atoms in total. The van der Waals surface area contributed by atoms with Crippen LogP contribution in [-0.4, -0.2) is 45.6 Å². The number of thiocarbonyl (C=S) groups is 1. The molecular formula is C21H24N2O2S2. The van der Waals surface area contributed by atoms with Gasteiger partial charge in [0.05, 0.1) is 4.91 Å². The Kier molecular flexibility index (Phi) is 6.50. The fourth-order valence-electron chi connectivity index (χ4n) is 3.19. The van der Waals surface area contributed by atoms with Gasteiger partial charge in [0.15, 0.2) is 0 Å². The van der Waals surface area contributed by atoms with E-state index in [1.807, 2.05) is 54.3 Å². The summed E-state index contributed by atoms with van der Waals surface area (Å²) in [5, 5.41) is 0. The topological polar surface area (TPSA) is 40.6 Å². The number of benzene rings is 1. The highest BCUT2D eigenvalue weighted by molar-refractivity contribution is 8.26. The molecular weight excluding hydrogens is 376 g/mol. The number of carbonyl (C=O) groups excluding carboxylic acids is 2. The van der Waals surface area contributed by atoms with Gasteiger partial charge in [0.25, 0.3) is 5.91 Å². The van der Waals surface area contributed by atoms with E-state index in [0.29, 0.717) is 15.1 Å². The SMILES string of the molecule is CC(/C=C1\SC(=S)N(CC(=O)N2CCC(C)CC2)C1=O)=C\c1ccccc1. The van der Waals surface area contributed by atoms with E-state index in [1.165, 1.54) is 16.7 Å². The van der Waals surface area contributed by atoms with E-state index in [9.17, 15) is 9.59 Å². The Bertz CT molecular complexity index is 794. The van der Waals surface area contributed by atoms with Crippen molar-refractivity contribution in [1.82, 2.24) is 9.80 Å². The highest BCUT2D eigenvalue weighted by Crippen LogP contribution is 2.32. The quantitative estimate of drug-likeness (QED) is 0.564. The molecule has 142 valence electrons. The molecule has 27 heavy (non-hydrogen) atoms. The Morgan fingerprint density at radius 2 is 1.93 bits per heavy atom. The minimum Gasteiger partial charge on any atom is -0.341 e. The molecule has 0 bridgehead atoms. The van der Waals surface area contributed by atoms with Crippen LogP contribution in [0.2, 0.25) is 0 Å². The molecule has 0 saturated carbocycles. The summed E-state index contributed by atoms with van der Waals surface area (Å²) in [4.78, 5) is 29.1. The highest BCUT2D eigenvalue weighted by Gasteiger charge is 2.34. The van der Waals surface area contributed by atoms with Crippen LogP contribution >= 0.6 is 24.0 Å². The lowest BCUT2D eigenvalue weighted by atomic mass is 9.99. The van der Waals surface area contributed by atoms with Gasteiger partial charge in [-0.2, -0.15) is 0 Å². The van der Waals surface area contributed by atoms with Gasteiger partial charge in [-0.3, -0.25) is 14.5 Å². The first kappa shape index (κ1) is 19.8. The number of thioether (sulfide) groups is 1. The van der Waals surface area contributed by atoms with Crippen molar-refractivity contribution in [2.24, 2.45) is 5.92 Å². The second-order valence-electron chi connectivity index (χ2n) is 7.13. The first-order chi connectivity index (χ1) is 12.9. The highest BCUT2D eigenvalue weighted by atomic mass is 32.2. The number of carbonyl (C=O) groups is 2. The number of nitrogens with zero attached hydrogens (tertiary/aromatic N) is 2. The lowest BCUT2D eigenvalue weighted by Crippen LogP contribution is -2.45. The Hall–Kier alpha value is -1.92. The largest absolute Gasteiger partial charge is 0.341 e. The Labute approximate surface area is 170 Å². The molecule has 0 radical (unpaired) electrons. The zero-order chi connectivity index (χ0) is 19.4. The molecule has 0 spiro atoms. The molecule has 0 aromatic heterocycles. The maximum Gasteiger partial charge on any atom is 0.266 e. The van der Waals surface area contributed by atoms with Crippen LogP contribution < -0.4 is 0 Å². The third-order valence-electron chi connectivity index (χ3n) is 4.86. The van der Waals surface area contributed by atoms with Gasteiger partial charge in [-0.25, -0.2) is 0 Å². The number of piperidine rings is 1. The molecule has 0 atom stereocenters. The van der Waals surface area contributed by atoms with Crippen molar-refractivity contribution >= 4 is 46.2 Å². The van der Waals surface area contributed by atoms with Crippen LogP contribution in [-0.2, 0) is 9.59 Å². The first-order valence-electron chi connectivity index (χ1n) is 9.20. The number of rotatable bonds is 4. The van der Waals surface area contributed by atoms with E-state index in [0.717, 1.165) is 37.1 Å². The second-order valence-corrected chi connectivity index (χ2v) is 8.81. The molecule has 2 saturated heterocycles. The van der Waals surface area contributed by atoms with Crippen LogP contribution in [0.5, 0.6) is 0 Å². The summed E-state index contributed by atoms with van der Waals surface area (Å²) in [5.41, 5.74) is 2.05. The van der Waals surface area contributed by atoms with Crippen molar-refractivity contribution in [2.75, 3.05) is 19.6 Å². The lowest BCUT2D eigenvalue weighted by molar-refractivity contribution is -0.136. The van der Waals surface area contributed by atoms with Crippen LogP contribution in [0.25, 0.3) is 6.08 Å². The second kappa shape index (κ2) is 8.85. The minimum atomic E-state index is -0.176. The fourth-order valence-corrected chi connectivity index (χ4v) is 4.50. The Morgan fingerprint density at radius 3 is 2.59 bits per heavy atom. The fraction of sp³-hybridized carbons (Fsp3) is 0.381. The van der Waals surface area contributed by atoms with Crippen molar-refractivity contribution < 1.29 is 9.59 Å². The van der Waals surface area contributed by atoms with E-state index in [4.69, 9.17) is 12.2 Å². The molecule has 0 N–H and O–H groups in total. The van der Waals surface area contributed by atoms with E-state index >= 15 is 0 Å². The standard InChI is InChI=1S/C21H24N2O2S2/c1-15-8-10-22(11-9-15)19(24)14-23-20(25)18(27-21(23)26)13-16(2)12-17-6-4-3-5-7-17/h3-7,12-13,15H,8-11,14H2,1-2H3/b16-12+,18-13-. The van der Waals surface area contributed by atoms with Gasteiger partial charge in [0, 0.05) is 13.1 Å². The molecule has 2 aliphatic heterocycles. The summed E-state index contributed by atoms with van der Waals surface area (Å²) in [6.45, 7) is 5.74. The predicted octanol–water partition coefficient (Wildman–Crippen LogP) is 4.09. The predicted molar refractivity (Wildman–Crippen MR) is 115 cm³/mol. The molecule has 2 fully saturated rings. The van der Waals surface area contributed by atoms with E-state index in [1.54, 1.807) is 0 Å². The maximum atomic E-state index is 12.7. The van der Waals surface area contributed by atoms with Crippen LogP contribution in [0.3, 0.4) is 0 Å². The summed E-state index contributed by atoms with van der Waals surface area (Å²) >= 11 is 6.62. The molecule has 2 amide bonds. The van der Waals surface area contributed by atoms with Gasteiger partial charge in [0.1, 0.15) is 10.9 Å². The number of allylic oxidation sites excluding steroid dienone is 2. The third kappa shape index (κ3) is 5.08. The van der Waals surface area contributed by atoms with Crippen LogP contribution in [0, 0.1) is 5.92 Å². The molecule has 2 heterocycles. The summed E-state index contributed by atoms with van der Waals surface area (Å²) in [6.07, 6.45) is 5.91. The molecule has 3 rings (SSSR count). The number of hydrogen-bond donors (Lipinski definition) is 0. The van der Waals surface area contributed by atoms with E-state index in [2.05, 4.69) is 6.92 Å². The molecule has 0 aliphatic carbocycles. The maximum absolute atomic E-state index is 12.7. The number of amides is 2. The lowest BCUT2D eigenvalue weighted by Gasteiger charge is -2.31. The number of hydrogen-bond acceptors (Lipinski definition) is 4. The van der Waals surface area contributed by atoms with Crippen molar-refractivity contribution in [3.05, 3.63) is 52.4 Å². The van der Waals surface area contributed by atoms with Crippen molar-refractivity contribution in [3.63, 3.8) is 0 Å². The molecule has 6 heteroatoms. The first-order valence-corrected chi connectivity index (χ1v) is 10.4. The average Bonchev–Trinajstić information content (AvgIpc) is 2.90. The number of likely N-dealkylation sites (tertiary alicyclic amines) is 1. The summed E-state index contributed by atoms with van der Waals surface area (Å²) < 4.78 is 0.456. The monoisotopic (exact) mass is 400 g/mol. The van der Waals surface area contributed by atoms with Gasteiger partial charge in [-0.1, -0.05) is 67.3 Å². The average molecular weight is 401 g/mol.